The first-order valence-electron chi connectivity index (χ1n) is 5.98. The highest BCUT2D eigenvalue weighted by Crippen LogP contribution is 2.30. The number of ether oxygens (including phenoxy) is 1. The van der Waals surface area contributed by atoms with Gasteiger partial charge < -0.3 is 20.9 Å². The Kier molecular flexibility index (Phi) is 3.43. The maximum absolute atomic E-state index is 11.9. The summed E-state index contributed by atoms with van der Waals surface area (Å²) in [7, 11) is 1.54. The Hall–Kier alpha value is -1.75. The van der Waals surface area contributed by atoms with Gasteiger partial charge >= 0.3 is 0 Å². The molecule has 1 aromatic carbocycles. The number of nitrogen functional groups attached to an aromatic ring is 1. The molecule has 4 N–H and O–H groups in total. The number of carbonyl (C=O) groups is 1. The molecule has 0 bridgehead atoms. The fourth-order valence-corrected chi connectivity index (χ4v) is 1.98. The van der Waals surface area contributed by atoms with Crippen molar-refractivity contribution in [2.24, 2.45) is 0 Å². The number of hydrogen-bond donors (Lipinski definition) is 3. The number of anilines is 1. The average Bonchev–Trinajstić information content (AvgIpc) is 2.33. The van der Waals surface area contributed by atoms with Gasteiger partial charge in [0.05, 0.1) is 18.3 Å². The fraction of sp³-hybridized carbons (Fsp3) is 0.462. The van der Waals surface area contributed by atoms with Gasteiger partial charge in [0.1, 0.15) is 5.75 Å². The van der Waals surface area contributed by atoms with E-state index in [4.69, 9.17) is 10.5 Å². The summed E-state index contributed by atoms with van der Waals surface area (Å²) >= 11 is 0. The maximum Gasteiger partial charge on any atom is 0.253 e. The zero-order valence-corrected chi connectivity index (χ0v) is 10.4. The van der Waals surface area contributed by atoms with Gasteiger partial charge in [-0.1, -0.05) is 0 Å². The van der Waals surface area contributed by atoms with Crippen LogP contribution in [0.1, 0.15) is 29.6 Å². The minimum atomic E-state index is -0.725. The van der Waals surface area contributed by atoms with Gasteiger partial charge in [-0.3, -0.25) is 4.79 Å². The van der Waals surface area contributed by atoms with E-state index in [2.05, 4.69) is 5.32 Å². The first kappa shape index (κ1) is 12.7. The van der Waals surface area contributed by atoms with E-state index in [1.807, 2.05) is 0 Å². The molecule has 1 aliphatic carbocycles. The third-order valence-corrected chi connectivity index (χ3v) is 3.37. The topological polar surface area (TPSA) is 84.6 Å². The molecular formula is C13H18N2O3. The molecule has 0 aliphatic heterocycles. The predicted octanol–water partition coefficient (Wildman–Crippen LogP) is 0.922. The van der Waals surface area contributed by atoms with Crippen LogP contribution in [0.15, 0.2) is 18.2 Å². The normalized spacial score (nSPS) is 16.8. The van der Waals surface area contributed by atoms with Gasteiger partial charge in [0, 0.05) is 18.3 Å². The largest absolute Gasteiger partial charge is 0.497 e. The Morgan fingerprint density at radius 3 is 2.78 bits per heavy atom. The second kappa shape index (κ2) is 4.86. The summed E-state index contributed by atoms with van der Waals surface area (Å²) in [5, 5.41) is 12.6. The average molecular weight is 250 g/mol. The zero-order chi connectivity index (χ0) is 13.2. The van der Waals surface area contributed by atoms with Crippen LogP contribution in [-0.2, 0) is 0 Å². The summed E-state index contributed by atoms with van der Waals surface area (Å²) in [5.41, 5.74) is 5.82. The standard InChI is InChI=1S/C13H18N2O3/c1-18-9-3-4-10(11(14)7-9)12(16)15-8-13(17)5-2-6-13/h3-4,7,17H,2,5-6,8,14H2,1H3,(H,15,16). The van der Waals surface area contributed by atoms with E-state index < -0.39 is 5.60 Å². The van der Waals surface area contributed by atoms with Crippen LogP contribution >= 0.6 is 0 Å². The van der Waals surface area contributed by atoms with Crippen LogP contribution in [0.3, 0.4) is 0 Å². The molecule has 0 saturated heterocycles. The highest BCUT2D eigenvalue weighted by Gasteiger charge is 2.34. The van der Waals surface area contributed by atoms with Gasteiger partial charge in [-0.15, -0.1) is 0 Å². The molecule has 0 spiro atoms. The molecule has 5 heteroatoms. The molecule has 0 heterocycles. The van der Waals surface area contributed by atoms with Crippen LogP contribution in [0.2, 0.25) is 0 Å². The van der Waals surface area contributed by atoms with Crippen molar-refractivity contribution in [2.75, 3.05) is 19.4 Å². The van der Waals surface area contributed by atoms with Crippen LogP contribution in [-0.4, -0.2) is 30.3 Å². The van der Waals surface area contributed by atoms with Gasteiger partial charge in [0.2, 0.25) is 0 Å². The van der Waals surface area contributed by atoms with Crippen molar-refractivity contribution in [1.82, 2.24) is 5.32 Å². The number of nitrogens with one attached hydrogen (secondary N) is 1. The molecule has 1 aromatic rings. The highest BCUT2D eigenvalue weighted by atomic mass is 16.5. The lowest BCUT2D eigenvalue weighted by molar-refractivity contribution is -0.0300. The summed E-state index contributed by atoms with van der Waals surface area (Å²) in [6.45, 7) is 0.275. The smallest absolute Gasteiger partial charge is 0.253 e. The van der Waals surface area contributed by atoms with Gasteiger partial charge in [-0.05, 0) is 31.4 Å². The molecule has 1 saturated carbocycles. The number of amides is 1. The highest BCUT2D eigenvalue weighted by molar-refractivity contribution is 5.99. The third kappa shape index (κ3) is 2.56. The first-order valence-corrected chi connectivity index (χ1v) is 5.98. The molecule has 0 unspecified atom stereocenters. The molecule has 0 aromatic heterocycles. The Morgan fingerprint density at radius 2 is 2.28 bits per heavy atom. The van der Waals surface area contributed by atoms with Gasteiger partial charge in [-0.25, -0.2) is 0 Å². The maximum atomic E-state index is 11.9. The van der Waals surface area contributed by atoms with Crippen molar-refractivity contribution in [3.63, 3.8) is 0 Å². The molecule has 1 amide bonds. The Balaban J connectivity index is 2.00. The van der Waals surface area contributed by atoms with Gasteiger partial charge in [-0.2, -0.15) is 0 Å². The monoisotopic (exact) mass is 250 g/mol. The summed E-state index contributed by atoms with van der Waals surface area (Å²) < 4.78 is 5.02. The van der Waals surface area contributed by atoms with Gasteiger partial charge in [0.25, 0.3) is 5.91 Å². The Bertz CT molecular complexity index is 456. The van der Waals surface area contributed by atoms with Crippen molar-refractivity contribution in [1.29, 1.82) is 0 Å². The third-order valence-electron chi connectivity index (χ3n) is 3.37. The lowest BCUT2D eigenvalue weighted by Crippen LogP contribution is -2.47. The molecule has 1 fully saturated rings. The Morgan fingerprint density at radius 1 is 1.56 bits per heavy atom. The molecule has 5 nitrogen and oxygen atoms in total. The minimum absolute atomic E-state index is 0.268. The van der Waals surface area contributed by atoms with E-state index in [0.29, 0.717) is 17.0 Å². The van der Waals surface area contributed by atoms with E-state index in [-0.39, 0.29) is 12.5 Å². The number of methoxy groups -OCH3 is 1. The van der Waals surface area contributed by atoms with Gasteiger partial charge in [0.15, 0.2) is 0 Å². The van der Waals surface area contributed by atoms with Crippen molar-refractivity contribution in [3.8, 4) is 5.75 Å². The Labute approximate surface area is 106 Å². The summed E-state index contributed by atoms with van der Waals surface area (Å²) in [6.07, 6.45) is 2.49. The number of hydrogen-bond acceptors (Lipinski definition) is 4. The summed E-state index contributed by atoms with van der Waals surface area (Å²) in [4.78, 5) is 11.9. The lowest BCUT2D eigenvalue weighted by atomic mass is 9.80. The van der Waals surface area contributed by atoms with E-state index >= 15 is 0 Å². The molecule has 1 aliphatic rings. The number of aliphatic hydroxyl groups is 1. The SMILES string of the molecule is COc1ccc(C(=O)NCC2(O)CCC2)c(N)c1. The van der Waals surface area contributed by atoms with E-state index in [9.17, 15) is 9.90 Å². The molecule has 0 atom stereocenters. The molecule has 18 heavy (non-hydrogen) atoms. The van der Waals surface area contributed by atoms with Crippen molar-refractivity contribution in [2.45, 2.75) is 24.9 Å². The number of rotatable bonds is 4. The van der Waals surface area contributed by atoms with Crippen LogP contribution in [0, 0.1) is 0 Å². The minimum Gasteiger partial charge on any atom is -0.497 e. The number of benzene rings is 1. The number of carbonyl (C=O) groups excluding carboxylic acids is 1. The summed E-state index contributed by atoms with van der Waals surface area (Å²) in [5.74, 6) is 0.345. The van der Waals surface area contributed by atoms with Crippen LogP contribution in [0.25, 0.3) is 0 Å². The van der Waals surface area contributed by atoms with E-state index in [1.54, 1.807) is 25.3 Å². The summed E-state index contributed by atoms with van der Waals surface area (Å²) in [6, 6.07) is 4.91. The predicted molar refractivity (Wildman–Crippen MR) is 68.5 cm³/mol. The molecule has 0 radical (unpaired) electrons. The van der Waals surface area contributed by atoms with Crippen LogP contribution < -0.4 is 15.8 Å². The molecular weight excluding hydrogens is 232 g/mol. The first-order chi connectivity index (χ1) is 8.54. The van der Waals surface area contributed by atoms with Crippen molar-refractivity contribution in [3.05, 3.63) is 23.8 Å². The number of nitrogens with two attached hydrogens (primary N) is 1. The van der Waals surface area contributed by atoms with E-state index in [1.165, 1.54) is 0 Å². The van der Waals surface area contributed by atoms with Crippen LogP contribution in [0.4, 0.5) is 5.69 Å². The molecule has 2 rings (SSSR count). The second-order valence-corrected chi connectivity index (χ2v) is 4.71. The van der Waals surface area contributed by atoms with Crippen molar-refractivity contribution >= 4 is 11.6 Å². The molecule has 98 valence electrons. The fourth-order valence-electron chi connectivity index (χ4n) is 1.98. The van der Waals surface area contributed by atoms with Crippen LogP contribution in [0.5, 0.6) is 5.75 Å². The van der Waals surface area contributed by atoms with Crippen molar-refractivity contribution < 1.29 is 14.6 Å². The quantitative estimate of drug-likeness (QED) is 0.694. The van der Waals surface area contributed by atoms with E-state index in [0.717, 1.165) is 19.3 Å². The lowest BCUT2D eigenvalue weighted by Gasteiger charge is -2.36. The second-order valence-electron chi connectivity index (χ2n) is 4.71. The zero-order valence-electron chi connectivity index (χ0n) is 10.4.